The fraction of sp³-hybridized carbons (Fsp3) is 0.286. The number of carbonyl (C=O) groups is 1. The SMILES string of the molecule is CCN(CC)Cc1c(O)ccc2c1OC(=Cc1cccc(OC)c1)C2=O. The lowest BCUT2D eigenvalue weighted by Crippen LogP contribution is -2.22. The summed E-state index contributed by atoms with van der Waals surface area (Å²) in [6, 6.07) is 10.6. The molecule has 0 saturated carbocycles. The Kier molecular flexibility index (Phi) is 5.28. The summed E-state index contributed by atoms with van der Waals surface area (Å²) in [5.74, 6) is 1.38. The zero-order valence-electron chi connectivity index (χ0n) is 15.3. The summed E-state index contributed by atoms with van der Waals surface area (Å²) < 4.78 is 11.1. The molecule has 0 amide bonds. The quantitative estimate of drug-likeness (QED) is 0.799. The highest BCUT2D eigenvalue weighted by molar-refractivity contribution is 6.15. The Bertz CT molecular complexity index is 853. The van der Waals surface area contributed by atoms with Crippen molar-refractivity contribution in [2.24, 2.45) is 0 Å². The molecule has 0 aliphatic carbocycles. The number of nitrogens with zero attached hydrogens (tertiary/aromatic N) is 1. The molecule has 0 aromatic heterocycles. The van der Waals surface area contributed by atoms with Crippen molar-refractivity contribution in [3.05, 3.63) is 58.8 Å². The summed E-state index contributed by atoms with van der Waals surface area (Å²) >= 11 is 0. The molecule has 2 aromatic rings. The number of phenolic OH excluding ortho intramolecular Hbond substituents is 1. The van der Waals surface area contributed by atoms with Crippen molar-refractivity contribution in [2.45, 2.75) is 20.4 Å². The first-order valence-electron chi connectivity index (χ1n) is 8.72. The molecule has 0 atom stereocenters. The highest BCUT2D eigenvalue weighted by Crippen LogP contribution is 2.40. The Hall–Kier alpha value is -2.79. The van der Waals surface area contributed by atoms with Crippen molar-refractivity contribution in [3.63, 3.8) is 0 Å². The van der Waals surface area contributed by atoms with Crippen LogP contribution in [-0.2, 0) is 6.54 Å². The van der Waals surface area contributed by atoms with E-state index in [9.17, 15) is 9.90 Å². The van der Waals surface area contributed by atoms with E-state index in [2.05, 4.69) is 18.7 Å². The van der Waals surface area contributed by atoms with E-state index in [1.165, 1.54) is 0 Å². The molecule has 0 fully saturated rings. The van der Waals surface area contributed by atoms with Crippen LogP contribution in [0.3, 0.4) is 0 Å². The molecule has 5 nitrogen and oxygen atoms in total. The second-order valence-corrected chi connectivity index (χ2v) is 6.12. The number of allylic oxidation sites excluding steroid dienone is 1. The number of fused-ring (bicyclic) bond motifs is 1. The van der Waals surface area contributed by atoms with Gasteiger partial charge in [-0.1, -0.05) is 26.0 Å². The van der Waals surface area contributed by atoms with Crippen molar-refractivity contribution < 1.29 is 19.4 Å². The highest BCUT2D eigenvalue weighted by atomic mass is 16.5. The number of carbonyl (C=O) groups excluding carboxylic acids is 1. The first-order chi connectivity index (χ1) is 12.6. The normalized spacial score (nSPS) is 14.6. The predicted molar refractivity (Wildman–Crippen MR) is 101 cm³/mol. The van der Waals surface area contributed by atoms with Gasteiger partial charge in [-0.2, -0.15) is 0 Å². The Labute approximate surface area is 153 Å². The van der Waals surface area contributed by atoms with Crippen molar-refractivity contribution in [1.29, 1.82) is 0 Å². The van der Waals surface area contributed by atoms with Gasteiger partial charge in [0.2, 0.25) is 5.78 Å². The summed E-state index contributed by atoms with van der Waals surface area (Å²) in [7, 11) is 1.60. The van der Waals surface area contributed by atoms with Gasteiger partial charge in [0.1, 0.15) is 17.2 Å². The lowest BCUT2D eigenvalue weighted by Gasteiger charge is -2.20. The number of hydrogen-bond acceptors (Lipinski definition) is 5. The smallest absolute Gasteiger partial charge is 0.231 e. The molecule has 0 saturated heterocycles. The zero-order valence-corrected chi connectivity index (χ0v) is 15.3. The van der Waals surface area contributed by atoms with Gasteiger partial charge in [0.05, 0.1) is 18.2 Å². The molecule has 3 rings (SSSR count). The van der Waals surface area contributed by atoms with E-state index < -0.39 is 0 Å². The maximum Gasteiger partial charge on any atom is 0.231 e. The van der Waals surface area contributed by atoms with Crippen LogP contribution in [0.1, 0.15) is 35.3 Å². The molecule has 1 N–H and O–H groups in total. The number of Topliss-reactive ketones (excluding diaryl/α,β-unsaturated/α-hetero) is 1. The standard InChI is InChI=1S/C21H23NO4/c1-4-22(5-2)13-17-18(23)10-9-16-20(24)19(26-21(16)17)12-14-7-6-8-15(11-14)25-3/h6-12,23H,4-5,13H2,1-3H3. The maximum absolute atomic E-state index is 12.7. The minimum Gasteiger partial charge on any atom is -0.507 e. The average molecular weight is 353 g/mol. The molecule has 2 aromatic carbocycles. The van der Waals surface area contributed by atoms with Gasteiger partial charge in [-0.3, -0.25) is 9.69 Å². The Morgan fingerprint density at radius 2 is 1.96 bits per heavy atom. The number of rotatable bonds is 6. The lowest BCUT2D eigenvalue weighted by molar-refractivity contribution is 0.101. The van der Waals surface area contributed by atoms with Crippen LogP contribution in [0.25, 0.3) is 6.08 Å². The molecule has 0 radical (unpaired) electrons. The third-order valence-corrected chi connectivity index (χ3v) is 4.58. The molecule has 26 heavy (non-hydrogen) atoms. The number of aromatic hydroxyl groups is 1. The summed E-state index contributed by atoms with van der Waals surface area (Å²) in [5.41, 5.74) is 1.95. The predicted octanol–water partition coefficient (Wildman–Crippen LogP) is 3.86. The lowest BCUT2D eigenvalue weighted by atomic mass is 10.0. The molecule has 1 aliphatic heterocycles. The van der Waals surface area contributed by atoms with E-state index in [1.54, 1.807) is 25.3 Å². The van der Waals surface area contributed by atoms with E-state index in [1.807, 2.05) is 24.3 Å². The zero-order chi connectivity index (χ0) is 18.7. The fourth-order valence-corrected chi connectivity index (χ4v) is 3.00. The second-order valence-electron chi connectivity index (χ2n) is 6.12. The largest absolute Gasteiger partial charge is 0.507 e. The molecular weight excluding hydrogens is 330 g/mol. The van der Waals surface area contributed by atoms with Crippen molar-refractivity contribution in [2.75, 3.05) is 20.2 Å². The molecule has 0 bridgehead atoms. The van der Waals surface area contributed by atoms with Crippen molar-refractivity contribution >= 4 is 11.9 Å². The van der Waals surface area contributed by atoms with Crippen LogP contribution >= 0.6 is 0 Å². The van der Waals surface area contributed by atoms with Crippen molar-refractivity contribution in [1.82, 2.24) is 4.90 Å². The highest BCUT2D eigenvalue weighted by Gasteiger charge is 2.31. The maximum atomic E-state index is 12.7. The fourth-order valence-electron chi connectivity index (χ4n) is 3.00. The number of phenols is 1. The van der Waals surface area contributed by atoms with E-state index >= 15 is 0 Å². The average Bonchev–Trinajstić information content (AvgIpc) is 2.97. The van der Waals surface area contributed by atoms with E-state index in [4.69, 9.17) is 9.47 Å². The number of hydrogen-bond donors (Lipinski definition) is 1. The van der Waals surface area contributed by atoms with Crippen LogP contribution in [0.2, 0.25) is 0 Å². The summed E-state index contributed by atoms with van der Waals surface area (Å²) in [6.45, 7) is 6.34. The van der Waals surface area contributed by atoms with Crippen LogP contribution < -0.4 is 9.47 Å². The molecule has 5 heteroatoms. The third kappa shape index (κ3) is 3.44. The molecule has 1 aliphatic rings. The Morgan fingerprint density at radius 1 is 1.19 bits per heavy atom. The molecule has 136 valence electrons. The first-order valence-corrected chi connectivity index (χ1v) is 8.72. The minimum absolute atomic E-state index is 0.145. The number of ether oxygens (including phenoxy) is 2. The molecular formula is C21H23NO4. The molecule has 0 unspecified atom stereocenters. The van der Waals surface area contributed by atoms with Crippen LogP contribution in [0.5, 0.6) is 17.2 Å². The summed E-state index contributed by atoms with van der Waals surface area (Å²) in [5, 5.41) is 10.3. The van der Waals surface area contributed by atoms with Gasteiger partial charge in [-0.05, 0) is 49.0 Å². The van der Waals surface area contributed by atoms with Gasteiger partial charge >= 0.3 is 0 Å². The van der Waals surface area contributed by atoms with Crippen LogP contribution in [-0.4, -0.2) is 36.0 Å². The van der Waals surface area contributed by atoms with Gasteiger partial charge in [-0.15, -0.1) is 0 Å². The van der Waals surface area contributed by atoms with Crippen LogP contribution in [0, 0.1) is 0 Å². The topological polar surface area (TPSA) is 59.0 Å². The minimum atomic E-state index is -0.177. The molecule has 0 spiro atoms. The van der Waals surface area contributed by atoms with Gasteiger partial charge in [-0.25, -0.2) is 0 Å². The number of benzene rings is 2. The first kappa shape index (κ1) is 18.0. The van der Waals surface area contributed by atoms with Crippen LogP contribution in [0.4, 0.5) is 0 Å². The van der Waals surface area contributed by atoms with E-state index in [0.717, 1.165) is 18.7 Å². The van der Waals surface area contributed by atoms with Gasteiger partial charge in [0, 0.05) is 6.54 Å². The molecule has 1 heterocycles. The van der Waals surface area contributed by atoms with E-state index in [0.29, 0.717) is 29.2 Å². The summed E-state index contributed by atoms with van der Waals surface area (Å²) in [4.78, 5) is 14.9. The van der Waals surface area contributed by atoms with Gasteiger partial charge in [0.15, 0.2) is 5.76 Å². The number of ketones is 1. The monoisotopic (exact) mass is 353 g/mol. The van der Waals surface area contributed by atoms with Crippen LogP contribution in [0.15, 0.2) is 42.2 Å². The number of methoxy groups -OCH3 is 1. The second kappa shape index (κ2) is 7.62. The van der Waals surface area contributed by atoms with E-state index in [-0.39, 0.29) is 17.3 Å². The third-order valence-electron chi connectivity index (χ3n) is 4.58. The Balaban J connectivity index is 1.96. The Morgan fingerprint density at radius 3 is 2.65 bits per heavy atom. The van der Waals surface area contributed by atoms with Gasteiger partial charge < -0.3 is 14.6 Å². The summed E-state index contributed by atoms with van der Waals surface area (Å²) in [6.07, 6.45) is 1.70. The van der Waals surface area contributed by atoms with Gasteiger partial charge in [0.25, 0.3) is 0 Å². The van der Waals surface area contributed by atoms with Crippen molar-refractivity contribution in [3.8, 4) is 17.2 Å².